The highest BCUT2D eigenvalue weighted by Crippen LogP contribution is 2.52. The maximum Gasteiger partial charge on any atom is 0.0442 e. The third kappa shape index (κ3) is 4.31. The van der Waals surface area contributed by atoms with E-state index in [0.29, 0.717) is 0 Å². The van der Waals surface area contributed by atoms with Gasteiger partial charge in [-0.25, -0.2) is 0 Å². The normalized spacial score (nSPS) is 11.2. The second-order valence-corrected chi connectivity index (χ2v) is 12.9. The summed E-state index contributed by atoms with van der Waals surface area (Å²) in [5.74, 6) is 0. The summed E-state index contributed by atoms with van der Waals surface area (Å²) in [6.07, 6.45) is 0. The van der Waals surface area contributed by atoms with Crippen LogP contribution in [0.25, 0.3) is 52.9 Å². The van der Waals surface area contributed by atoms with Gasteiger partial charge >= 0.3 is 0 Å². The monoisotopic (exact) mass is 532 g/mol. The van der Waals surface area contributed by atoms with E-state index in [9.17, 15) is 0 Å². The zero-order valence-corrected chi connectivity index (χ0v) is 23.9. The molecule has 0 bridgehead atoms. The maximum atomic E-state index is 2.44. The van der Waals surface area contributed by atoms with E-state index in [1.807, 2.05) is 34.0 Å². The van der Waals surface area contributed by atoms with E-state index >= 15 is 0 Å². The lowest BCUT2D eigenvalue weighted by molar-refractivity contribution is 1.47. The first kappa shape index (κ1) is 24.1. The number of rotatable bonds is 5. The third-order valence-electron chi connectivity index (χ3n) is 7.00. The molecule has 6 aromatic rings. The fourth-order valence-electron chi connectivity index (χ4n) is 5.28. The molecule has 3 aromatic carbocycles. The van der Waals surface area contributed by atoms with Gasteiger partial charge in [-0.1, -0.05) is 91.0 Å². The van der Waals surface area contributed by atoms with Gasteiger partial charge in [0.25, 0.3) is 0 Å². The molecular weight excluding hydrogens is 505 g/mol. The Hall–Kier alpha value is -3.24. The van der Waals surface area contributed by atoms with E-state index in [1.54, 1.807) is 0 Å². The van der Waals surface area contributed by atoms with Gasteiger partial charge in [0.2, 0.25) is 0 Å². The Morgan fingerprint density at radius 3 is 1.38 bits per heavy atom. The Balaban J connectivity index is 1.60. The summed E-state index contributed by atoms with van der Waals surface area (Å²) in [5, 5.41) is 0. The first-order valence-corrected chi connectivity index (χ1v) is 15.0. The Bertz CT molecular complexity index is 1570. The Morgan fingerprint density at radius 1 is 0.432 bits per heavy atom. The van der Waals surface area contributed by atoms with Crippen LogP contribution in [-0.4, -0.2) is 0 Å². The van der Waals surface area contributed by atoms with E-state index < -0.39 is 0 Å². The van der Waals surface area contributed by atoms with Crippen molar-refractivity contribution in [1.82, 2.24) is 0 Å². The molecule has 0 radical (unpaired) electrons. The molecule has 3 heteroatoms. The van der Waals surface area contributed by atoms with E-state index in [2.05, 4.69) is 125 Å². The zero-order chi connectivity index (χ0) is 25.5. The highest BCUT2D eigenvalue weighted by molar-refractivity contribution is 7.21. The summed E-state index contributed by atoms with van der Waals surface area (Å²) in [5.41, 5.74) is 10.8. The molecule has 3 aromatic heterocycles. The van der Waals surface area contributed by atoms with Crippen molar-refractivity contribution in [1.29, 1.82) is 0 Å². The highest BCUT2D eigenvalue weighted by Gasteiger charge is 2.25. The minimum atomic E-state index is 1.28. The summed E-state index contributed by atoms with van der Waals surface area (Å²) in [7, 11) is 0. The fraction of sp³-hybridized carbons (Fsp3) is 0.118. The van der Waals surface area contributed by atoms with Crippen LogP contribution in [0, 0.1) is 27.7 Å². The molecule has 0 atom stereocenters. The van der Waals surface area contributed by atoms with Gasteiger partial charge in [-0.3, -0.25) is 0 Å². The Kier molecular flexibility index (Phi) is 6.46. The lowest BCUT2D eigenvalue weighted by atomic mass is 9.95. The summed E-state index contributed by atoms with van der Waals surface area (Å²) < 4.78 is 0. The van der Waals surface area contributed by atoms with Crippen molar-refractivity contribution < 1.29 is 0 Å². The lowest BCUT2D eigenvalue weighted by Gasteiger charge is -2.08. The van der Waals surface area contributed by atoms with Crippen LogP contribution in [0.4, 0.5) is 0 Å². The minimum absolute atomic E-state index is 1.28. The maximum absolute atomic E-state index is 2.44. The highest BCUT2D eigenvalue weighted by atomic mass is 32.1. The van der Waals surface area contributed by atoms with E-state index in [0.717, 1.165) is 0 Å². The molecule has 182 valence electrons. The topological polar surface area (TPSA) is 0 Å². The van der Waals surface area contributed by atoms with E-state index in [1.165, 1.54) is 73.8 Å². The van der Waals surface area contributed by atoms with Gasteiger partial charge in [0, 0.05) is 46.0 Å². The average Bonchev–Trinajstić information content (AvgIpc) is 3.57. The van der Waals surface area contributed by atoms with E-state index in [-0.39, 0.29) is 0 Å². The lowest BCUT2D eigenvalue weighted by Crippen LogP contribution is -1.86. The van der Waals surface area contributed by atoms with Crippen molar-refractivity contribution in [3.8, 4) is 52.9 Å². The van der Waals surface area contributed by atoms with Gasteiger partial charge in [-0.2, -0.15) is 0 Å². The summed E-state index contributed by atoms with van der Waals surface area (Å²) in [4.78, 5) is 8.21. The molecule has 0 saturated carbocycles. The average molecular weight is 533 g/mol. The molecule has 37 heavy (non-hydrogen) atoms. The van der Waals surface area contributed by atoms with Gasteiger partial charge in [0.15, 0.2) is 0 Å². The molecule has 0 aliphatic rings. The van der Waals surface area contributed by atoms with Crippen molar-refractivity contribution >= 4 is 34.0 Å². The van der Waals surface area contributed by atoms with Crippen molar-refractivity contribution in [3.05, 3.63) is 118 Å². The Morgan fingerprint density at radius 2 is 0.865 bits per heavy atom. The molecule has 6 rings (SSSR count). The standard InChI is InChI=1S/C34H28S3/c1-21-30(23(3)35-32(21)26-16-10-6-11-17-26)28-20-29(25-14-8-5-9-15-25)37-34(28)31-22(2)33(36-24(31)4)27-18-12-7-13-19-27/h5-20H,1-4H3. The zero-order valence-electron chi connectivity index (χ0n) is 21.5. The molecular formula is C34H28S3. The smallest absolute Gasteiger partial charge is 0.0442 e. The van der Waals surface area contributed by atoms with Gasteiger partial charge in [0.1, 0.15) is 0 Å². The summed E-state index contributed by atoms with van der Waals surface area (Å²) >= 11 is 5.76. The van der Waals surface area contributed by atoms with Gasteiger partial charge in [-0.05, 0) is 61.6 Å². The number of thiophene rings is 3. The quantitative estimate of drug-likeness (QED) is 0.207. The molecule has 0 unspecified atom stereocenters. The predicted octanol–water partition coefficient (Wildman–Crippen LogP) is 11.4. The number of hydrogen-bond acceptors (Lipinski definition) is 3. The minimum Gasteiger partial charge on any atom is -0.140 e. The predicted molar refractivity (Wildman–Crippen MR) is 166 cm³/mol. The van der Waals surface area contributed by atoms with Crippen LogP contribution in [0.15, 0.2) is 97.1 Å². The van der Waals surface area contributed by atoms with Crippen LogP contribution >= 0.6 is 34.0 Å². The first-order valence-electron chi connectivity index (χ1n) is 12.5. The van der Waals surface area contributed by atoms with Crippen molar-refractivity contribution in [2.24, 2.45) is 0 Å². The molecule has 0 amide bonds. The second kappa shape index (κ2) is 9.90. The molecule has 0 nitrogen and oxygen atoms in total. The molecule has 0 N–H and O–H groups in total. The van der Waals surface area contributed by atoms with Crippen LogP contribution in [0.2, 0.25) is 0 Å². The molecule has 0 aliphatic carbocycles. The molecule has 3 heterocycles. The summed E-state index contributed by atoms with van der Waals surface area (Å²) in [6, 6.07) is 34.9. The van der Waals surface area contributed by atoms with Gasteiger partial charge in [0.05, 0.1) is 0 Å². The van der Waals surface area contributed by atoms with Gasteiger partial charge in [-0.15, -0.1) is 34.0 Å². The number of hydrogen-bond donors (Lipinski definition) is 0. The molecule has 0 aliphatic heterocycles. The van der Waals surface area contributed by atoms with Crippen LogP contribution in [0.3, 0.4) is 0 Å². The van der Waals surface area contributed by atoms with Crippen molar-refractivity contribution in [2.75, 3.05) is 0 Å². The SMILES string of the molecule is Cc1sc(-c2ccccc2)c(C)c1-c1cc(-c2ccccc2)sc1-c1c(C)sc(-c2ccccc2)c1C. The van der Waals surface area contributed by atoms with E-state index in [4.69, 9.17) is 0 Å². The van der Waals surface area contributed by atoms with Crippen molar-refractivity contribution in [2.45, 2.75) is 27.7 Å². The van der Waals surface area contributed by atoms with Gasteiger partial charge < -0.3 is 0 Å². The molecule has 0 saturated heterocycles. The number of benzene rings is 3. The van der Waals surface area contributed by atoms with Crippen LogP contribution in [-0.2, 0) is 0 Å². The molecule has 0 spiro atoms. The first-order chi connectivity index (χ1) is 18.0. The summed E-state index contributed by atoms with van der Waals surface area (Å²) in [6.45, 7) is 9.17. The van der Waals surface area contributed by atoms with Crippen LogP contribution < -0.4 is 0 Å². The third-order valence-corrected chi connectivity index (χ3v) is 10.7. The second-order valence-electron chi connectivity index (χ2n) is 9.43. The van der Waals surface area contributed by atoms with Crippen LogP contribution in [0.1, 0.15) is 20.9 Å². The fourth-order valence-corrected chi connectivity index (χ4v) is 9.02. The Labute approximate surface area is 231 Å². The largest absolute Gasteiger partial charge is 0.140 e. The van der Waals surface area contributed by atoms with Crippen molar-refractivity contribution in [3.63, 3.8) is 0 Å². The molecule has 0 fully saturated rings. The number of aryl methyl sites for hydroxylation is 2. The van der Waals surface area contributed by atoms with Crippen LogP contribution in [0.5, 0.6) is 0 Å².